The van der Waals surface area contributed by atoms with Crippen LogP contribution in [0.15, 0.2) is 18.2 Å². The number of carbonyl (C=O) groups is 1. The molecule has 0 radical (unpaired) electrons. The maximum atomic E-state index is 12.8. The summed E-state index contributed by atoms with van der Waals surface area (Å²) in [5.74, 6) is 1.48. The summed E-state index contributed by atoms with van der Waals surface area (Å²) in [4.78, 5) is 17.2. The second-order valence-corrected chi connectivity index (χ2v) is 6.61. The van der Waals surface area contributed by atoms with Gasteiger partial charge in [-0.15, -0.1) is 0 Å². The van der Waals surface area contributed by atoms with Crippen molar-refractivity contribution in [3.05, 3.63) is 23.8 Å². The number of hydrogen-bond acceptors (Lipinski definition) is 4. The molecule has 2 aliphatic heterocycles. The molecule has 132 valence electrons. The van der Waals surface area contributed by atoms with Gasteiger partial charge in [0.1, 0.15) is 17.6 Å². The molecular formula is C19H28N2O3. The standard InChI is InChI=1S/C19H28N2O3/c1-3-20-12-8-15(9-13-20)24-18-14-16(23-2)6-7-17(18)19(22)21-10-4-5-11-21/h6-7,14-15H,3-5,8-13H2,1-2H3. The molecule has 0 aliphatic carbocycles. The number of amides is 1. The van der Waals surface area contributed by atoms with Gasteiger partial charge in [0.15, 0.2) is 0 Å². The topological polar surface area (TPSA) is 42.0 Å². The van der Waals surface area contributed by atoms with Gasteiger partial charge in [0.2, 0.25) is 0 Å². The van der Waals surface area contributed by atoms with E-state index < -0.39 is 0 Å². The highest BCUT2D eigenvalue weighted by Gasteiger charge is 2.25. The van der Waals surface area contributed by atoms with Crippen molar-refractivity contribution in [3.8, 4) is 11.5 Å². The summed E-state index contributed by atoms with van der Waals surface area (Å²) in [6, 6.07) is 5.54. The van der Waals surface area contributed by atoms with E-state index in [9.17, 15) is 4.79 Å². The lowest BCUT2D eigenvalue weighted by Crippen LogP contribution is -2.38. The van der Waals surface area contributed by atoms with Gasteiger partial charge >= 0.3 is 0 Å². The first kappa shape index (κ1) is 17.1. The van der Waals surface area contributed by atoms with Gasteiger partial charge in [-0.1, -0.05) is 6.92 Å². The van der Waals surface area contributed by atoms with E-state index in [1.807, 2.05) is 23.1 Å². The van der Waals surface area contributed by atoms with E-state index in [-0.39, 0.29) is 12.0 Å². The molecular weight excluding hydrogens is 304 g/mol. The van der Waals surface area contributed by atoms with Crippen LogP contribution in [0.25, 0.3) is 0 Å². The number of hydrogen-bond donors (Lipinski definition) is 0. The zero-order chi connectivity index (χ0) is 16.9. The van der Waals surface area contributed by atoms with Crippen LogP contribution in [0.2, 0.25) is 0 Å². The van der Waals surface area contributed by atoms with E-state index in [0.717, 1.165) is 64.2 Å². The molecule has 0 bridgehead atoms. The van der Waals surface area contributed by atoms with Gasteiger partial charge in [-0.3, -0.25) is 4.79 Å². The third-order valence-corrected chi connectivity index (χ3v) is 5.09. The second-order valence-electron chi connectivity index (χ2n) is 6.61. The van der Waals surface area contributed by atoms with Crippen molar-refractivity contribution in [3.63, 3.8) is 0 Å². The van der Waals surface area contributed by atoms with Crippen LogP contribution in [-0.2, 0) is 0 Å². The average Bonchev–Trinajstić information content (AvgIpc) is 3.16. The van der Waals surface area contributed by atoms with Crippen LogP contribution >= 0.6 is 0 Å². The summed E-state index contributed by atoms with van der Waals surface area (Å²) in [6.07, 6.45) is 4.36. The van der Waals surface area contributed by atoms with E-state index in [0.29, 0.717) is 11.3 Å². The Labute approximate surface area is 144 Å². The van der Waals surface area contributed by atoms with Crippen molar-refractivity contribution < 1.29 is 14.3 Å². The van der Waals surface area contributed by atoms with Crippen molar-refractivity contribution in [2.24, 2.45) is 0 Å². The lowest BCUT2D eigenvalue weighted by atomic mass is 10.1. The smallest absolute Gasteiger partial charge is 0.257 e. The van der Waals surface area contributed by atoms with Gasteiger partial charge in [0.25, 0.3) is 5.91 Å². The molecule has 1 amide bonds. The van der Waals surface area contributed by atoms with Crippen molar-refractivity contribution >= 4 is 5.91 Å². The highest BCUT2D eigenvalue weighted by Crippen LogP contribution is 2.29. The first-order valence-corrected chi connectivity index (χ1v) is 9.07. The van der Waals surface area contributed by atoms with Gasteiger partial charge in [0, 0.05) is 32.2 Å². The number of carbonyl (C=O) groups excluding carboxylic acids is 1. The minimum absolute atomic E-state index is 0.0798. The van der Waals surface area contributed by atoms with E-state index >= 15 is 0 Å². The number of nitrogens with zero attached hydrogens (tertiary/aromatic N) is 2. The maximum absolute atomic E-state index is 12.8. The van der Waals surface area contributed by atoms with Crippen LogP contribution < -0.4 is 9.47 Å². The molecule has 5 nitrogen and oxygen atoms in total. The number of piperidine rings is 1. The Kier molecular flexibility index (Phi) is 5.61. The normalized spacial score (nSPS) is 19.5. The number of ether oxygens (including phenoxy) is 2. The summed E-state index contributed by atoms with van der Waals surface area (Å²) >= 11 is 0. The fourth-order valence-corrected chi connectivity index (χ4v) is 3.52. The first-order chi connectivity index (χ1) is 11.7. The summed E-state index contributed by atoms with van der Waals surface area (Å²) < 4.78 is 11.6. The summed E-state index contributed by atoms with van der Waals surface area (Å²) in [7, 11) is 1.64. The fourth-order valence-electron chi connectivity index (χ4n) is 3.52. The van der Waals surface area contributed by atoms with Crippen molar-refractivity contribution in [2.75, 3.05) is 39.8 Å². The molecule has 1 aromatic carbocycles. The highest BCUT2D eigenvalue weighted by atomic mass is 16.5. The van der Waals surface area contributed by atoms with Crippen LogP contribution in [0.4, 0.5) is 0 Å². The zero-order valence-corrected chi connectivity index (χ0v) is 14.8. The maximum Gasteiger partial charge on any atom is 0.257 e. The Balaban J connectivity index is 1.75. The Morgan fingerprint density at radius 3 is 2.50 bits per heavy atom. The van der Waals surface area contributed by atoms with Gasteiger partial charge in [-0.05, 0) is 44.4 Å². The first-order valence-electron chi connectivity index (χ1n) is 9.07. The molecule has 24 heavy (non-hydrogen) atoms. The zero-order valence-electron chi connectivity index (χ0n) is 14.8. The molecule has 2 fully saturated rings. The lowest BCUT2D eigenvalue weighted by Gasteiger charge is -2.31. The molecule has 0 N–H and O–H groups in total. The van der Waals surface area contributed by atoms with E-state index in [2.05, 4.69) is 11.8 Å². The van der Waals surface area contributed by atoms with Crippen LogP contribution in [0, 0.1) is 0 Å². The quantitative estimate of drug-likeness (QED) is 0.831. The Morgan fingerprint density at radius 2 is 1.88 bits per heavy atom. The van der Waals surface area contributed by atoms with Gasteiger partial charge in [0.05, 0.1) is 12.7 Å². The molecule has 0 aromatic heterocycles. The van der Waals surface area contributed by atoms with Crippen molar-refractivity contribution in [2.45, 2.75) is 38.7 Å². The number of benzene rings is 1. The summed E-state index contributed by atoms with van der Waals surface area (Å²) in [5, 5.41) is 0. The molecule has 0 unspecified atom stereocenters. The van der Waals surface area contributed by atoms with Crippen LogP contribution in [-0.4, -0.2) is 61.6 Å². The van der Waals surface area contributed by atoms with Crippen LogP contribution in [0.1, 0.15) is 43.0 Å². The predicted molar refractivity (Wildman–Crippen MR) is 93.9 cm³/mol. The summed E-state index contributed by atoms with van der Waals surface area (Å²) in [5.41, 5.74) is 0.663. The van der Waals surface area contributed by atoms with Crippen LogP contribution in [0.3, 0.4) is 0 Å². The SMILES string of the molecule is CCN1CCC(Oc2cc(OC)ccc2C(=O)N2CCCC2)CC1. The molecule has 2 saturated heterocycles. The van der Waals surface area contributed by atoms with Crippen molar-refractivity contribution in [1.29, 1.82) is 0 Å². The van der Waals surface area contributed by atoms with Gasteiger partial charge in [-0.2, -0.15) is 0 Å². The largest absolute Gasteiger partial charge is 0.497 e. The molecule has 2 heterocycles. The van der Waals surface area contributed by atoms with Gasteiger partial charge in [-0.25, -0.2) is 0 Å². The Hall–Kier alpha value is -1.75. The monoisotopic (exact) mass is 332 g/mol. The number of likely N-dealkylation sites (tertiary alicyclic amines) is 2. The average molecular weight is 332 g/mol. The lowest BCUT2D eigenvalue weighted by molar-refractivity contribution is 0.0770. The molecule has 0 atom stereocenters. The third-order valence-electron chi connectivity index (χ3n) is 5.09. The molecule has 0 saturated carbocycles. The molecule has 2 aliphatic rings. The molecule has 0 spiro atoms. The number of methoxy groups -OCH3 is 1. The van der Waals surface area contributed by atoms with E-state index in [1.54, 1.807) is 7.11 Å². The van der Waals surface area contributed by atoms with Gasteiger partial charge < -0.3 is 19.3 Å². The van der Waals surface area contributed by atoms with E-state index in [4.69, 9.17) is 9.47 Å². The van der Waals surface area contributed by atoms with Crippen LogP contribution in [0.5, 0.6) is 11.5 Å². The third kappa shape index (κ3) is 3.83. The second kappa shape index (κ2) is 7.88. The minimum Gasteiger partial charge on any atom is -0.497 e. The Bertz CT molecular complexity index is 562. The van der Waals surface area contributed by atoms with Crippen molar-refractivity contribution in [1.82, 2.24) is 9.80 Å². The molecule has 5 heteroatoms. The van der Waals surface area contributed by atoms with E-state index in [1.165, 1.54) is 0 Å². The predicted octanol–water partition coefficient (Wildman–Crippen LogP) is 2.79. The summed E-state index contributed by atoms with van der Waals surface area (Å²) in [6.45, 7) is 7.08. The Morgan fingerprint density at radius 1 is 1.17 bits per heavy atom. The highest BCUT2D eigenvalue weighted by molar-refractivity contribution is 5.97. The molecule has 1 aromatic rings. The number of rotatable bonds is 5. The minimum atomic E-state index is 0.0798. The molecule has 3 rings (SSSR count). The fraction of sp³-hybridized carbons (Fsp3) is 0.632.